The van der Waals surface area contributed by atoms with Crippen LogP contribution in [0.15, 0.2) is 18.2 Å². The minimum absolute atomic E-state index is 0.135. The van der Waals surface area contributed by atoms with Crippen LogP contribution in [0.5, 0.6) is 0 Å². The molecule has 0 unspecified atom stereocenters. The van der Waals surface area contributed by atoms with E-state index in [1.807, 2.05) is 6.07 Å². The smallest absolute Gasteiger partial charge is 0.216 e. The molecule has 0 radical (unpaired) electrons. The lowest BCUT2D eigenvalue weighted by molar-refractivity contribution is 0.0994. The summed E-state index contributed by atoms with van der Waals surface area (Å²) in [5.74, 6) is 0.135. The van der Waals surface area contributed by atoms with Crippen LogP contribution in [0.25, 0.3) is 0 Å². The van der Waals surface area contributed by atoms with E-state index in [2.05, 4.69) is 0 Å². The minimum Gasteiger partial charge on any atom is -0.294 e. The van der Waals surface area contributed by atoms with Crippen LogP contribution in [0, 0.1) is 0 Å². The molecule has 0 amide bonds. The maximum absolute atomic E-state index is 11.4. The number of hydrogen-bond acceptors (Lipinski definition) is 1. The summed E-state index contributed by atoms with van der Waals surface area (Å²) in [4.78, 5) is 11.4. The number of aryl methyl sites for hydroxylation is 1. The Balaban J connectivity index is 2.50. The van der Waals surface area contributed by atoms with Crippen molar-refractivity contribution in [1.29, 1.82) is 0 Å². The van der Waals surface area contributed by atoms with E-state index < -0.39 is 3.79 Å². The number of rotatable bonds is 0. The Morgan fingerprint density at radius 1 is 1.14 bits per heavy atom. The molecule has 14 heavy (non-hydrogen) atoms. The molecule has 1 aliphatic carbocycles. The van der Waals surface area contributed by atoms with Gasteiger partial charge in [-0.2, -0.15) is 0 Å². The summed E-state index contributed by atoms with van der Waals surface area (Å²) in [6.07, 6.45) is 1.37. The summed E-state index contributed by atoms with van der Waals surface area (Å²) < 4.78 is -1.45. The Kier molecular flexibility index (Phi) is 2.50. The summed E-state index contributed by atoms with van der Waals surface area (Å²) in [6.45, 7) is 0. The fourth-order valence-corrected chi connectivity index (χ4v) is 1.97. The quantitative estimate of drug-likeness (QED) is 0.642. The van der Waals surface area contributed by atoms with Gasteiger partial charge in [-0.3, -0.25) is 4.79 Å². The van der Waals surface area contributed by atoms with E-state index in [0.29, 0.717) is 17.5 Å². The van der Waals surface area contributed by atoms with Gasteiger partial charge in [0.25, 0.3) is 0 Å². The first-order valence-corrected chi connectivity index (χ1v) is 5.35. The Bertz CT molecular complexity index is 393. The number of benzene rings is 1. The molecule has 0 aliphatic heterocycles. The molecule has 0 saturated heterocycles. The van der Waals surface area contributed by atoms with Crippen molar-refractivity contribution in [3.8, 4) is 0 Å². The summed E-state index contributed by atoms with van der Waals surface area (Å²) in [5.41, 5.74) is 2.30. The van der Waals surface area contributed by atoms with E-state index in [1.54, 1.807) is 12.1 Å². The summed E-state index contributed by atoms with van der Waals surface area (Å²) in [6, 6.07) is 5.29. The average Bonchev–Trinajstić information content (AvgIpc) is 2.46. The third kappa shape index (κ3) is 1.77. The zero-order chi connectivity index (χ0) is 10.3. The molecular weight excluding hydrogens is 242 g/mol. The lowest BCUT2D eigenvalue weighted by atomic mass is 10.1. The number of fused-ring (bicyclic) bond motifs is 1. The van der Waals surface area contributed by atoms with Crippen molar-refractivity contribution in [1.82, 2.24) is 0 Å². The molecule has 0 fully saturated rings. The molecule has 0 spiro atoms. The van der Waals surface area contributed by atoms with E-state index in [4.69, 9.17) is 34.8 Å². The maximum Gasteiger partial charge on any atom is 0.216 e. The van der Waals surface area contributed by atoms with E-state index in [9.17, 15) is 4.79 Å². The molecule has 74 valence electrons. The zero-order valence-corrected chi connectivity index (χ0v) is 9.46. The minimum atomic E-state index is -1.45. The monoisotopic (exact) mass is 248 g/mol. The van der Waals surface area contributed by atoms with Crippen molar-refractivity contribution in [2.45, 2.75) is 16.6 Å². The Morgan fingerprint density at radius 2 is 1.86 bits per heavy atom. The van der Waals surface area contributed by atoms with Gasteiger partial charge in [-0.25, -0.2) is 0 Å². The topological polar surface area (TPSA) is 17.1 Å². The van der Waals surface area contributed by atoms with E-state index >= 15 is 0 Å². The van der Waals surface area contributed by atoms with Gasteiger partial charge in [-0.15, -0.1) is 0 Å². The number of carbonyl (C=O) groups excluding carboxylic acids is 1. The van der Waals surface area contributed by atoms with Crippen LogP contribution in [-0.4, -0.2) is 5.78 Å². The number of alkyl halides is 3. The summed E-state index contributed by atoms with van der Waals surface area (Å²) >= 11 is 17.2. The third-order valence-corrected chi connectivity index (χ3v) is 3.01. The van der Waals surface area contributed by atoms with Crippen molar-refractivity contribution in [3.05, 3.63) is 34.9 Å². The molecule has 1 nitrogen and oxygen atoms in total. The molecule has 2 rings (SSSR count). The Labute approximate surface area is 97.0 Å². The Morgan fingerprint density at radius 3 is 2.50 bits per heavy atom. The van der Waals surface area contributed by atoms with E-state index in [-0.39, 0.29) is 5.78 Å². The van der Waals surface area contributed by atoms with Gasteiger partial charge in [0, 0.05) is 17.5 Å². The van der Waals surface area contributed by atoms with Crippen LogP contribution in [0.3, 0.4) is 0 Å². The van der Waals surface area contributed by atoms with Gasteiger partial charge in [-0.05, 0) is 18.1 Å². The molecule has 0 saturated carbocycles. The van der Waals surface area contributed by atoms with Crippen molar-refractivity contribution < 1.29 is 4.79 Å². The van der Waals surface area contributed by atoms with Gasteiger partial charge < -0.3 is 0 Å². The molecule has 0 N–H and O–H groups in total. The van der Waals surface area contributed by atoms with Crippen LogP contribution in [0.4, 0.5) is 0 Å². The average molecular weight is 250 g/mol. The van der Waals surface area contributed by atoms with Crippen LogP contribution in [0.2, 0.25) is 0 Å². The fraction of sp³-hybridized carbons (Fsp3) is 0.300. The number of halogens is 3. The maximum atomic E-state index is 11.4. The van der Waals surface area contributed by atoms with Crippen molar-refractivity contribution in [2.24, 2.45) is 0 Å². The number of hydrogen-bond donors (Lipinski definition) is 0. The highest BCUT2D eigenvalue weighted by Crippen LogP contribution is 2.39. The first kappa shape index (κ1) is 10.3. The fourth-order valence-electron chi connectivity index (χ4n) is 1.61. The molecule has 0 atom stereocenters. The Hall–Kier alpha value is -0.240. The number of carbonyl (C=O) groups is 1. The first-order valence-electron chi connectivity index (χ1n) is 4.22. The first-order chi connectivity index (χ1) is 6.48. The predicted molar refractivity (Wildman–Crippen MR) is 58.3 cm³/mol. The van der Waals surface area contributed by atoms with Crippen molar-refractivity contribution in [3.63, 3.8) is 0 Å². The van der Waals surface area contributed by atoms with Gasteiger partial charge in [0.1, 0.15) is 0 Å². The van der Waals surface area contributed by atoms with Gasteiger partial charge in [0.05, 0.1) is 0 Å². The van der Waals surface area contributed by atoms with Crippen LogP contribution in [-0.2, 0) is 10.2 Å². The highest BCUT2D eigenvalue weighted by atomic mass is 35.6. The molecule has 1 aromatic carbocycles. The normalized spacial score (nSPS) is 15.8. The molecule has 1 aliphatic rings. The van der Waals surface area contributed by atoms with E-state index in [1.165, 1.54) is 0 Å². The van der Waals surface area contributed by atoms with Gasteiger partial charge in [0.2, 0.25) is 3.79 Å². The molecule has 1 aromatic rings. The highest BCUT2D eigenvalue weighted by Gasteiger charge is 2.26. The second-order valence-electron chi connectivity index (χ2n) is 3.29. The summed E-state index contributed by atoms with van der Waals surface area (Å²) in [7, 11) is 0. The van der Waals surface area contributed by atoms with Crippen LogP contribution < -0.4 is 0 Å². The lowest BCUT2D eigenvalue weighted by Crippen LogP contribution is -2.02. The van der Waals surface area contributed by atoms with Crippen LogP contribution in [0.1, 0.15) is 27.9 Å². The van der Waals surface area contributed by atoms with Gasteiger partial charge in [-0.1, -0.05) is 46.9 Å². The summed E-state index contributed by atoms with van der Waals surface area (Å²) in [5, 5.41) is 0. The molecule has 4 heteroatoms. The SMILES string of the molecule is O=C1CCc2ccc(C(Cl)(Cl)Cl)cc21. The zero-order valence-electron chi connectivity index (χ0n) is 7.19. The standard InChI is InChI=1S/C10H7Cl3O/c11-10(12,13)7-3-1-6-2-4-9(14)8(6)5-7/h1,3,5H,2,4H2. The van der Waals surface area contributed by atoms with Crippen molar-refractivity contribution in [2.75, 3.05) is 0 Å². The van der Waals surface area contributed by atoms with Crippen LogP contribution >= 0.6 is 34.8 Å². The molecular formula is C10H7Cl3O. The molecule has 0 heterocycles. The predicted octanol–water partition coefficient (Wildman–Crippen LogP) is 3.64. The largest absolute Gasteiger partial charge is 0.294 e. The van der Waals surface area contributed by atoms with Crippen molar-refractivity contribution >= 4 is 40.6 Å². The highest BCUT2D eigenvalue weighted by molar-refractivity contribution is 6.66. The van der Waals surface area contributed by atoms with Gasteiger partial charge >= 0.3 is 0 Å². The number of ketones is 1. The van der Waals surface area contributed by atoms with Gasteiger partial charge in [0.15, 0.2) is 5.78 Å². The second kappa shape index (κ2) is 3.41. The number of Topliss-reactive ketones (excluding diaryl/α,β-unsaturated/α-hetero) is 1. The second-order valence-corrected chi connectivity index (χ2v) is 5.57. The third-order valence-electron chi connectivity index (χ3n) is 2.36. The lowest BCUT2D eigenvalue weighted by Gasteiger charge is -2.12. The molecule has 0 bridgehead atoms. The molecule has 0 aromatic heterocycles. The van der Waals surface area contributed by atoms with E-state index in [0.717, 1.165) is 12.0 Å².